The van der Waals surface area contributed by atoms with Crippen molar-refractivity contribution in [2.45, 2.75) is 44.6 Å². The highest BCUT2D eigenvalue weighted by Gasteiger charge is 2.26. The van der Waals surface area contributed by atoms with E-state index in [-0.39, 0.29) is 6.54 Å². The van der Waals surface area contributed by atoms with Crippen LogP contribution in [0.1, 0.15) is 30.5 Å². The summed E-state index contributed by atoms with van der Waals surface area (Å²) in [5.74, 6) is 1.44. The topological polar surface area (TPSA) is 100 Å². The van der Waals surface area contributed by atoms with E-state index in [1.807, 2.05) is 92.7 Å². The van der Waals surface area contributed by atoms with Crippen molar-refractivity contribution in [1.82, 2.24) is 10.6 Å². The van der Waals surface area contributed by atoms with E-state index in [4.69, 9.17) is 9.47 Å². The summed E-state index contributed by atoms with van der Waals surface area (Å²) >= 11 is 0. The van der Waals surface area contributed by atoms with Crippen LogP contribution in [-0.4, -0.2) is 42.1 Å². The Hall–Kier alpha value is -3.55. The van der Waals surface area contributed by atoms with Gasteiger partial charge >= 0.3 is 6.09 Å². The minimum absolute atomic E-state index is 0.194. The van der Waals surface area contributed by atoms with E-state index in [1.54, 1.807) is 7.11 Å². The van der Waals surface area contributed by atoms with Crippen LogP contribution < -0.4 is 20.1 Å². The molecule has 0 bridgehead atoms. The van der Waals surface area contributed by atoms with E-state index in [0.717, 1.165) is 22.4 Å². The highest BCUT2D eigenvalue weighted by atomic mass is 16.5. The lowest BCUT2D eigenvalue weighted by Crippen LogP contribution is -2.51. The second kappa shape index (κ2) is 12.2. The SMILES string of the molecule is COc1cccc(C(C)(C)NCC(O)C(Cc2cccc(OCc3ccccc3)c2)NC(=O)O)c1. The Labute approximate surface area is 206 Å². The van der Waals surface area contributed by atoms with Gasteiger partial charge in [-0.2, -0.15) is 0 Å². The molecule has 0 aromatic heterocycles. The van der Waals surface area contributed by atoms with Crippen LogP contribution >= 0.6 is 0 Å². The van der Waals surface area contributed by atoms with Gasteiger partial charge in [-0.25, -0.2) is 4.79 Å². The van der Waals surface area contributed by atoms with Crippen molar-refractivity contribution in [2.24, 2.45) is 0 Å². The number of aliphatic hydroxyl groups is 1. The molecule has 0 saturated carbocycles. The number of hydrogen-bond acceptors (Lipinski definition) is 5. The van der Waals surface area contributed by atoms with Crippen molar-refractivity contribution in [2.75, 3.05) is 13.7 Å². The highest BCUT2D eigenvalue weighted by molar-refractivity contribution is 5.65. The van der Waals surface area contributed by atoms with Gasteiger partial charge in [0.25, 0.3) is 0 Å². The van der Waals surface area contributed by atoms with E-state index in [9.17, 15) is 15.0 Å². The number of carboxylic acid groups (broad SMARTS) is 1. The Morgan fingerprint density at radius 2 is 1.63 bits per heavy atom. The summed E-state index contributed by atoms with van der Waals surface area (Å²) in [6, 6.07) is 24.4. The van der Waals surface area contributed by atoms with Crippen LogP contribution in [0.5, 0.6) is 11.5 Å². The normalized spacial score (nSPS) is 13.0. The van der Waals surface area contributed by atoms with E-state index in [2.05, 4.69) is 10.6 Å². The van der Waals surface area contributed by atoms with Crippen LogP contribution in [0, 0.1) is 0 Å². The summed E-state index contributed by atoms with van der Waals surface area (Å²) in [4.78, 5) is 11.4. The molecule has 7 nitrogen and oxygen atoms in total. The molecular formula is C28H34N2O5. The third kappa shape index (κ3) is 8.02. The standard InChI is InChI=1S/C28H34N2O5/c1-28(2,22-12-8-13-23(17-22)34-3)29-18-26(31)25(30-27(32)33)16-21-11-7-14-24(15-21)35-19-20-9-5-4-6-10-20/h4-15,17,25-26,29-31H,16,18-19H2,1-3H3,(H,32,33). The fourth-order valence-electron chi connectivity index (χ4n) is 3.81. The largest absolute Gasteiger partial charge is 0.497 e. The summed E-state index contributed by atoms with van der Waals surface area (Å²) in [5.41, 5.74) is 2.45. The smallest absolute Gasteiger partial charge is 0.404 e. The Morgan fingerprint density at radius 1 is 0.943 bits per heavy atom. The zero-order chi connectivity index (χ0) is 25.3. The molecule has 3 aromatic carbocycles. The molecule has 0 aliphatic carbocycles. The molecule has 0 fully saturated rings. The molecule has 2 atom stereocenters. The maximum Gasteiger partial charge on any atom is 0.404 e. The van der Waals surface area contributed by atoms with Crippen LogP contribution in [-0.2, 0) is 18.6 Å². The lowest BCUT2D eigenvalue weighted by atomic mass is 9.93. The number of methoxy groups -OCH3 is 1. The lowest BCUT2D eigenvalue weighted by molar-refractivity contribution is 0.110. The molecule has 7 heteroatoms. The van der Waals surface area contributed by atoms with Gasteiger partial charge in [0.1, 0.15) is 18.1 Å². The predicted molar refractivity (Wildman–Crippen MR) is 136 cm³/mol. The molecule has 2 unspecified atom stereocenters. The number of carbonyl (C=O) groups is 1. The minimum Gasteiger partial charge on any atom is -0.497 e. The van der Waals surface area contributed by atoms with Gasteiger partial charge in [0.05, 0.1) is 19.3 Å². The van der Waals surface area contributed by atoms with Gasteiger partial charge in [-0.15, -0.1) is 0 Å². The number of amides is 1. The van der Waals surface area contributed by atoms with E-state index in [1.165, 1.54) is 0 Å². The van der Waals surface area contributed by atoms with Gasteiger partial charge in [-0.3, -0.25) is 0 Å². The van der Waals surface area contributed by atoms with Crippen molar-refractivity contribution in [3.05, 3.63) is 95.6 Å². The molecule has 4 N–H and O–H groups in total. The van der Waals surface area contributed by atoms with Gasteiger partial charge in [-0.05, 0) is 61.2 Å². The van der Waals surface area contributed by atoms with Gasteiger partial charge in [0, 0.05) is 12.1 Å². The lowest BCUT2D eigenvalue weighted by Gasteiger charge is -2.31. The van der Waals surface area contributed by atoms with Gasteiger partial charge < -0.3 is 30.3 Å². The quantitative estimate of drug-likeness (QED) is 0.309. The molecule has 3 rings (SSSR count). The number of nitrogens with one attached hydrogen (secondary N) is 2. The van der Waals surface area contributed by atoms with Gasteiger partial charge in [0.15, 0.2) is 0 Å². The molecule has 0 spiro atoms. The van der Waals surface area contributed by atoms with Crippen LogP contribution in [0.15, 0.2) is 78.9 Å². The molecule has 3 aromatic rings. The van der Waals surface area contributed by atoms with Crippen LogP contribution in [0.25, 0.3) is 0 Å². The summed E-state index contributed by atoms with van der Waals surface area (Å²) in [6.07, 6.45) is -1.82. The summed E-state index contributed by atoms with van der Waals surface area (Å²) in [7, 11) is 1.62. The van der Waals surface area contributed by atoms with Gasteiger partial charge in [0.2, 0.25) is 0 Å². The monoisotopic (exact) mass is 478 g/mol. The first-order valence-corrected chi connectivity index (χ1v) is 11.6. The second-order valence-electron chi connectivity index (χ2n) is 8.99. The summed E-state index contributed by atoms with van der Waals surface area (Å²) in [6.45, 7) is 4.63. The van der Waals surface area contributed by atoms with Crippen LogP contribution in [0.4, 0.5) is 4.79 Å². The first kappa shape index (κ1) is 26.1. The average molecular weight is 479 g/mol. The van der Waals surface area contributed by atoms with Crippen molar-refractivity contribution in [3.8, 4) is 11.5 Å². The van der Waals surface area contributed by atoms with E-state index < -0.39 is 23.8 Å². The summed E-state index contributed by atoms with van der Waals surface area (Å²) < 4.78 is 11.2. The summed E-state index contributed by atoms with van der Waals surface area (Å²) in [5, 5.41) is 26.1. The minimum atomic E-state index is -1.18. The van der Waals surface area contributed by atoms with E-state index in [0.29, 0.717) is 18.8 Å². The molecule has 0 aliphatic heterocycles. The number of hydrogen-bond donors (Lipinski definition) is 4. The number of ether oxygens (including phenoxy) is 2. The Morgan fingerprint density at radius 3 is 2.34 bits per heavy atom. The average Bonchev–Trinajstić information content (AvgIpc) is 2.86. The van der Waals surface area contributed by atoms with Crippen molar-refractivity contribution < 1.29 is 24.5 Å². The third-order valence-corrected chi connectivity index (χ3v) is 5.92. The van der Waals surface area contributed by atoms with Crippen molar-refractivity contribution in [1.29, 1.82) is 0 Å². The predicted octanol–water partition coefficient (Wildman–Crippen LogP) is 4.34. The van der Waals surface area contributed by atoms with Crippen LogP contribution in [0.3, 0.4) is 0 Å². The molecule has 0 aliphatic rings. The highest BCUT2D eigenvalue weighted by Crippen LogP contribution is 2.24. The first-order chi connectivity index (χ1) is 16.8. The Bertz CT molecular complexity index is 1090. The maximum atomic E-state index is 11.4. The number of benzene rings is 3. The molecule has 0 heterocycles. The Balaban J connectivity index is 1.64. The van der Waals surface area contributed by atoms with Crippen molar-refractivity contribution in [3.63, 3.8) is 0 Å². The van der Waals surface area contributed by atoms with Crippen LogP contribution in [0.2, 0.25) is 0 Å². The molecule has 35 heavy (non-hydrogen) atoms. The fourth-order valence-corrected chi connectivity index (χ4v) is 3.81. The molecule has 0 radical (unpaired) electrons. The third-order valence-electron chi connectivity index (χ3n) is 5.92. The molecule has 186 valence electrons. The van der Waals surface area contributed by atoms with E-state index >= 15 is 0 Å². The second-order valence-corrected chi connectivity index (χ2v) is 8.99. The van der Waals surface area contributed by atoms with Gasteiger partial charge in [-0.1, -0.05) is 54.6 Å². The number of rotatable bonds is 12. The molecule has 0 saturated heterocycles. The molecule has 1 amide bonds. The fraction of sp³-hybridized carbons (Fsp3) is 0.321. The molecular weight excluding hydrogens is 444 g/mol. The zero-order valence-corrected chi connectivity index (χ0v) is 20.4. The number of aliphatic hydroxyl groups excluding tert-OH is 1. The maximum absolute atomic E-state index is 11.4. The van der Waals surface area contributed by atoms with Crippen molar-refractivity contribution >= 4 is 6.09 Å². The first-order valence-electron chi connectivity index (χ1n) is 11.6. The zero-order valence-electron chi connectivity index (χ0n) is 20.4. The Kier molecular flexibility index (Phi) is 9.11.